The number of fused-ring (bicyclic) bond motifs is 1. The molecule has 4 rings (SSSR count). The fraction of sp³-hybridized carbons (Fsp3) is 0.250. The Morgan fingerprint density at radius 2 is 1.60 bits per heavy atom. The summed E-state index contributed by atoms with van der Waals surface area (Å²) < 4.78 is 10.7. The van der Waals surface area contributed by atoms with E-state index >= 15 is 0 Å². The van der Waals surface area contributed by atoms with Crippen molar-refractivity contribution in [3.63, 3.8) is 0 Å². The minimum absolute atomic E-state index is 0.0128. The van der Waals surface area contributed by atoms with Crippen molar-refractivity contribution < 1.29 is 14.3 Å². The molecule has 1 N–H and O–H groups in total. The number of carbonyl (C=O) groups is 1. The molecular weight excluding hydrogens is 316 g/mol. The van der Waals surface area contributed by atoms with E-state index in [4.69, 9.17) is 9.47 Å². The van der Waals surface area contributed by atoms with E-state index in [9.17, 15) is 4.79 Å². The number of nitrogens with one attached hydrogen (secondary N) is 1. The largest absolute Gasteiger partial charge is 0.454 e. The number of hydrogen-bond acceptors (Lipinski definition) is 3. The van der Waals surface area contributed by atoms with Crippen molar-refractivity contribution in [3.05, 3.63) is 53.6 Å². The maximum atomic E-state index is 12.1. The lowest BCUT2D eigenvalue weighted by Crippen LogP contribution is -2.32. The number of ether oxygens (including phenoxy) is 2. The molecule has 2 aliphatic rings. The van der Waals surface area contributed by atoms with E-state index in [0.717, 1.165) is 54.2 Å². The molecule has 2 aliphatic heterocycles. The molecule has 5 heteroatoms. The van der Waals surface area contributed by atoms with Crippen molar-refractivity contribution in [2.24, 2.45) is 0 Å². The molecule has 0 saturated carbocycles. The lowest BCUT2D eigenvalue weighted by molar-refractivity contribution is 0.174. The van der Waals surface area contributed by atoms with Crippen molar-refractivity contribution in [1.82, 2.24) is 4.90 Å². The van der Waals surface area contributed by atoms with Crippen LogP contribution in [0, 0.1) is 0 Å². The molecule has 128 valence electrons. The molecule has 0 aromatic heterocycles. The lowest BCUT2D eigenvalue weighted by atomic mass is 10.1. The third kappa shape index (κ3) is 3.60. The van der Waals surface area contributed by atoms with Gasteiger partial charge >= 0.3 is 6.03 Å². The Morgan fingerprint density at radius 3 is 2.40 bits per heavy atom. The number of rotatable bonds is 3. The van der Waals surface area contributed by atoms with E-state index in [1.165, 1.54) is 0 Å². The molecule has 1 saturated heterocycles. The van der Waals surface area contributed by atoms with Gasteiger partial charge in [0.25, 0.3) is 0 Å². The van der Waals surface area contributed by atoms with Crippen molar-refractivity contribution in [2.75, 3.05) is 25.2 Å². The third-order valence-corrected chi connectivity index (χ3v) is 4.42. The Balaban J connectivity index is 1.39. The Labute approximate surface area is 146 Å². The normalized spacial score (nSPS) is 15.8. The van der Waals surface area contributed by atoms with Gasteiger partial charge in [0.1, 0.15) is 0 Å². The number of nitrogens with zero attached hydrogens (tertiary/aromatic N) is 1. The van der Waals surface area contributed by atoms with Crippen molar-refractivity contribution in [1.29, 1.82) is 0 Å². The highest BCUT2D eigenvalue weighted by Crippen LogP contribution is 2.33. The van der Waals surface area contributed by atoms with Gasteiger partial charge in [-0.25, -0.2) is 4.79 Å². The number of likely N-dealkylation sites (tertiary alicyclic amines) is 1. The van der Waals surface area contributed by atoms with Gasteiger partial charge in [-0.2, -0.15) is 0 Å². The number of amides is 2. The highest BCUT2D eigenvalue weighted by Gasteiger charge is 2.17. The van der Waals surface area contributed by atoms with Crippen LogP contribution < -0.4 is 14.8 Å². The number of urea groups is 1. The van der Waals surface area contributed by atoms with Gasteiger partial charge < -0.3 is 19.7 Å². The molecule has 0 bridgehead atoms. The quantitative estimate of drug-likeness (QED) is 0.854. The highest BCUT2D eigenvalue weighted by molar-refractivity contribution is 5.89. The number of carbonyl (C=O) groups excluding carboxylic acids is 1. The molecule has 0 spiro atoms. The van der Waals surface area contributed by atoms with Crippen LogP contribution in [0.3, 0.4) is 0 Å². The van der Waals surface area contributed by atoms with Gasteiger partial charge in [0.2, 0.25) is 6.79 Å². The van der Waals surface area contributed by atoms with Crippen LogP contribution in [-0.2, 0) is 0 Å². The first-order valence-electron chi connectivity index (χ1n) is 8.52. The fourth-order valence-corrected chi connectivity index (χ4v) is 3.01. The molecule has 0 radical (unpaired) electrons. The van der Waals surface area contributed by atoms with Crippen LogP contribution in [-0.4, -0.2) is 30.8 Å². The van der Waals surface area contributed by atoms with Gasteiger partial charge in [-0.1, -0.05) is 30.4 Å². The number of hydrogen-bond donors (Lipinski definition) is 1. The van der Waals surface area contributed by atoms with E-state index in [-0.39, 0.29) is 12.8 Å². The summed E-state index contributed by atoms with van der Waals surface area (Å²) >= 11 is 0. The zero-order valence-electron chi connectivity index (χ0n) is 13.9. The topological polar surface area (TPSA) is 50.8 Å². The average Bonchev–Trinajstić information content (AvgIpc) is 3.32. The standard InChI is InChI=1S/C20H20N2O3/c23-20(22-11-1-2-12-22)21-17-8-5-15(6-9-17)3-4-16-7-10-18-19(13-16)25-14-24-18/h3-10,13H,1-2,11-12,14H2,(H,21,23)/b4-3+. The molecular formula is C20H20N2O3. The van der Waals surface area contributed by atoms with Gasteiger partial charge in [0.05, 0.1) is 0 Å². The van der Waals surface area contributed by atoms with Gasteiger partial charge in [-0.3, -0.25) is 0 Å². The Kier molecular flexibility index (Phi) is 4.29. The first-order valence-corrected chi connectivity index (χ1v) is 8.52. The third-order valence-electron chi connectivity index (χ3n) is 4.42. The second kappa shape index (κ2) is 6.89. The summed E-state index contributed by atoms with van der Waals surface area (Å²) in [5, 5.41) is 2.95. The maximum absolute atomic E-state index is 12.1. The fourth-order valence-electron chi connectivity index (χ4n) is 3.01. The zero-order chi connectivity index (χ0) is 17.1. The first-order chi connectivity index (χ1) is 12.3. The molecule has 1 fully saturated rings. The molecule has 0 unspecified atom stereocenters. The van der Waals surface area contributed by atoms with E-state index in [1.807, 2.05) is 59.5 Å². The summed E-state index contributed by atoms with van der Waals surface area (Å²) in [5.41, 5.74) is 2.93. The summed E-state index contributed by atoms with van der Waals surface area (Å²) in [4.78, 5) is 13.9. The van der Waals surface area contributed by atoms with Gasteiger partial charge in [0.15, 0.2) is 11.5 Å². The van der Waals surface area contributed by atoms with E-state index in [2.05, 4.69) is 5.32 Å². The van der Waals surface area contributed by atoms with Crippen LogP contribution in [0.15, 0.2) is 42.5 Å². The zero-order valence-corrected chi connectivity index (χ0v) is 13.9. The second-order valence-corrected chi connectivity index (χ2v) is 6.19. The molecule has 5 nitrogen and oxygen atoms in total. The van der Waals surface area contributed by atoms with Gasteiger partial charge in [-0.05, 0) is 48.2 Å². The van der Waals surface area contributed by atoms with E-state index < -0.39 is 0 Å². The highest BCUT2D eigenvalue weighted by atomic mass is 16.7. The number of anilines is 1. The van der Waals surface area contributed by atoms with E-state index in [1.54, 1.807) is 0 Å². The minimum atomic E-state index is -0.0128. The van der Waals surface area contributed by atoms with Crippen molar-refractivity contribution in [2.45, 2.75) is 12.8 Å². The number of benzene rings is 2. The Bertz CT molecular complexity index is 793. The molecule has 2 aromatic rings. The summed E-state index contributed by atoms with van der Waals surface area (Å²) in [7, 11) is 0. The van der Waals surface area contributed by atoms with Gasteiger partial charge in [-0.15, -0.1) is 0 Å². The van der Waals surface area contributed by atoms with Crippen LogP contribution in [0.5, 0.6) is 11.5 Å². The van der Waals surface area contributed by atoms with Crippen molar-refractivity contribution >= 4 is 23.9 Å². The summed E-state index contributed by atoms with van der Waals surface area (Å²) in [6.07, 6.45) is 6.25. The maximum Gasteiger partial charge on any atom is 0.321 e. The average molecular weight is 336 g/mol. The van der Waals surface area contributed by atoms with Crippen LogP contribution in [0.2, 0.25) is 0 Å². The van der Waals surface area contributed by atoms with Crippen LogP contribution >= 0.6 is 0 Å². The molecule has 2 amide bonds. The predicted molar refractivity (Wildman–Crippen MR) is 97.8 cm³/mol. The van der Waals surface area contributed by atoms with E-state index in [0.29, 0.717) is 0 Å². The summed E-state index contributed by atoms with van der Waals surface area (Å²) in [6.45, 7) is 1.98. The Hall–Kier alpha value is -2.95. The first kappa shape index (κ1) is 15.6. The predicted octanol–water partition coefficient (Wildman–Crippen LogP) is 4.21. The molecule has 25 heavy (non-hydrogen) atoms. The van der Waals surface area contributed by atoms with Gasteiger partial charge in [0, 0.05) is 18.8 Å². The lowest BCUT2D eigenvalue weighted by Gasteiger charge is -2.16. The molecule has 0 atom stereocenters. The molecule has 0 aliphatic carbocycles. The second-order valence-electron chi connectivity index (χ2n) is 6.19. The summed E-state index contributed by atoms with van der Waals surface area (Å²) in [5.74, 6) is 1.57. The van der Waals surface area contributed by atoms with Crippen LogP contribution in [0.4, 0.5) is 10.5 Å². The van der Waals surface area contributed by atoms with Crippen molar-refractivity contribution in [3.8, 4) is 11.5 Å². The van der Waals surface area contributed by atoms with Crippen LogP contribution in [0.25, 0.3) is 12.2 Å². The van der Waals surface area contributed by atoms with Crippen LogP contribution in [0.1, 0.15) is 24.0 Å². The SMILES string of the molecule is O=C(Nc1ccc(/C=C/c2ccc3c(c2)OCO3)cc1)N1CCCC1. The summed E-state index contributed by atoms with van der Waals surface area (Å²) in [6, 6.07) is 13.7. The smallest absolute Gasteiger partial charge is 0.321 e. The Morgan fingerprint density at radius 1 is 0.920 bits per heavy atom. The monoisotopic (exact) mass is 336 g/mol. The minimum Gasteiger partial charge on any atom is -0.454 e. The molecule has 2 heterocycles. The molecule has 2 aromatic carbocycles.